The number of ether oxygens (including phenoxy) is 6. The molecule has 0 fully saturated rings. The quantitative estimate of drug-likeness (QED) is 0.183. The fraction of sp³-hybridized carbons (Fsp3) is 0.842. The van der Waals surface area contributed by atoms with Gasteiger partial charge in [0.15, 0.2) is 0 Å². The van der Waals surface area contributed by atoms with Gasteiger partial charge in [-0.05, 0) is 13.3 Å². The molecule has 154 valence electrons. The Morgan fingerprint density at radius 3 is 1.42 bits per heavy atom. The highest BCUT2D eigenvalue weighted by atomic mass is 16.6. The van der Waals surface area contributed by atoms with Gasteiger partial charge < -0.3 is 28.4 Å². The predicted molar refractivity (Wildman–Crippen MR) is 99.4 cm³/mol. The Morgan fingerprint density at radius 2 is 1.04 bits per heavy atom. The van der Waals surface area contributed by atoms with E-state index in [9.17, 15) is 4.79 Å². The zero-order valence-corrected chi connectivity index (χ0v) is 16.5. The lowest BCUT2D eigenvalue weighted by atomic mass is 10.3. The van der Waals surface area contributed by atoms with Crippen molar-refractivity contribution in [1.82, 2.24) is 0 Å². The van der Waals surface area contributed by atoms with E-state index in [1.54, 1.807) is 6.92 Å². The van der Waals surface area contributed by atoms with Gasteiger partial charge in [-0.25, -0.2) is 4.79 Å². The molecule has 0 saturated carbocycles. The van der Waals surface area contributed by atoms with Crippen LogP contribution in [0, 0.1) is 0 Å². The highest BCUT2D eigenvalue weighted by molar-refractivity contribution is 5.86. The van der Waals surface area contributed by atoms with Gasteiger partial charge in [0.25, 0.3) is 0 Å². The van der Waals surface area contributed by atoms with E-state index in [0.29, 0.717) is 65.0 Å². The lowest BCUT2D eigenvalue weighted by Gasteiger charge is -2.08. The summed E-state index contributed by atoms with van der Waals surface area (Å²) >= 11 is 0. The van der Waals surface area contributed by atoms with Crippen LogP contribution in [0.1, 0.15) is 33.1 Å². The molecular formula is C19H36O7. The van der Waals surface area contributed by atoms with Gasteiger partial charge in [0, 0.05) is 12.2 Å². The summed E-state index contributed by atoms with van der Waals surface area (Å²) < 4.78 is 31.8. The van der Waals surface area contributed by atoms with Gasteiger partial charge in [-0.15, -0.1) is 0 Å². The Morgan fingerprint density at radius 1 is 0.654 bits per heavy atom. The summed E-state index contributed by atoms with van der Waals surface area (Å²) in [7, 11) is 0. The minimum absolute atomic E-state index is 0.221. The maximum absolute atomic E-state index is 11.1. The largest absolute Gasteiger partial charge is 0.460 e. The van der Waals surface area contributed by atoms with E-state index >= 15 is 0 Å². The normalized spacial score (nSPS) is 10.8. The standard InChI is InChI=1S/C19H36O7/c1-4-5-6-7-21-8-9-22-10-11-23-12-13-24-14-15-25-16-17-26-19(20)18(2)3/h2,4-17H2,1,3H3. The molecule has 0 aromatic carbocycles. The van der Waals surface area contributed by atoms with Crippen molar-refractivity contribution in [3.8, 4) is 0 Å². The van der Waals surface area contributed by atoms with Crippen LogP contribution in [0.5, 0.6) is 0 Å². The Balaban J connectivity index is 3.05. The molecule has 0 N–H and O–H groups in total. The third-order valence-electron chi connectivity index (χ3n) is 3.19. The molecule has 0 rings (SSSR count). The number of carbonyl (C=O) groups is 1. The molecule has 0 saturated heterocycles. The Hall–Kier alpha value is -0.990. The van der Waals surface area contributed by atoms with Gasteiger partial charge in [0.1, 0.15) is 6.61 Å². The molecule has 0 aromatic rings. The summed E-state index contributed by atoms with van der Waals surface area (Å²) in [4.78, 5) is 11.1. The molecule has 26 heavy (non-hydrogen) atoms. The number of esters is 1. The van der Waals surface area contributed by atoms with Crippen molar-refractivity contribution < 1.29 is 33.2 Å². The first-order valence-electron chi connectivity index (χ1n) is 9.39. The summed E-state index contributed by atoms with van der Waals surface area (Å²) in [6.45, 7) is 13.0. The van der Waals surface area contributed by atoms with Crippen LogP contribution < -0.4 is 0 Å². The van der Waals surface area contributed by atoms with E-state index < -0.39 is 5.97 Å². The molecule has 0 aliphatic carbocycles. The molecule has 0 amide bonds. The monoisotopic (exact) mass is 376 g/mol. The van der Waals surface area contributed by atoms with Gasteiger partial charge in [0.2, 0.25) is 0 Å². The van der Waals surface area contributed by atoms with E-state index in [0.717, 1.165) is 13.0 Å². The zero-order valence-electron chi connectivity index (χ0n) is 16.5. The van der Waals surface area contributed by atoms with Crippen LogP contribution in [0.4, 0.5) is 0 Å². The van der Waals surface area contributed by atoms with Gasteiger partial charge in [-0.1, -0.05) is 26.3 Å². The van der Waals surface area contributed by atoms with Crippen LogP contribution in [0.15, 0.2) is 12.2 Å². The van der Waals surface area contributed by atoms with Crippen LogP contribution >= 0.6 is 0 Å². The average molecular weight is 376 g/mol. The molecule has 0 aliphatic heterocycles. The number of rotatable bonds is 20. The third kappa shape index (κ3) is 19.3. The molecule has 0 radical (unpaired) electrons. The Kier molecular flexibility index (Phi) is 19.5. The topological polar surface area (TPSA) is 72.5 Å². The van der Waals surface area contributed by atoms with Crippen molar-refractivity contribution in [2.24, 2.45) is 0 Å². The minimum atomic E-state index is -0.398. The van der Waals surface area contributed by atoms with Crippen LogP contribution in [0.3, 0.4) is 0 Å². The fourth-order valence-electron chi connectivity index (χ4n) is 1.75. The molecular weight excluding hydrogens is 340 g/mol. The van der Waals surface area contributed by atoms with Crippen molar-refractivity contribution in [2.45, 2.75) is 33.1 Å². The molecule has 0 heterocycles. The average Bonchev–Trinajstić information content (AvgIpc) is 2.63. The van der Waals surface area contributed by atoms with Crippen LogP contribution in [-0.4, -0.2) is 78.6 Å². The molecule has 0 aromatic heterocycles. The van der Waals surface area contributed by atoms with Crippen molar-refractivity contribution in [3.05, 3.63) is 12.2 Å². The number of hydrogen-bond donors (Lipinski definition) is 0. The van der Waals surface area contributed by atoms with E-state index in [-0.39, 0.29) is 6.61 Å². The van der Waals surface area contributed by atoms with Gasteiger partial charge in [-0.2, -0.15) is 0 Å². The number of unbranched alkanes of at least 4 members (excludes halogenated alkanes) is 2. The van der Waals surface area contributed by atoms with E-state index in [1.165, 1.54) is 12.8 Å². The van der Waals surface area contributed by atoms with Crippen LogP contribution in [0.2, 0.25) is 0 Å². The zero-order chi connectivity index (χ0) is 19.3. The van der Waals surface area contributed by atoms with Crippen molar-refractivity contribution >= 4 is 5.97 Å². The molecule has 7 heteroatoms. The van der Waals surface area contributed by atoms with Crippen molar-refractivity contribution in [1.29, 1.82) is 0 Å². The Bertz CT molecular complexity index is 334. The molecule has 0 aliphatic rings. The first kappa shape index (κ1) is 25.0. The predicted octanol–water partition coefficient (Wildman–Crippen LogP) is 2.38. The van der Waals surface area contributed by atoms with E-state index in [1.807, 2.05) is 0 Å². The Labute approximate surface area is 157 Å². The van der Waals surface area contributed by atoms with Gasteiger partial charge in [-0.3, -0.25) is 0 Å². The van der Waals surface area contributed by atoms with Crippen LogP contribution in [0.25, 0.3) is 0 Å². The summed E-state index contributed by atoms with van der Waals surface area (Å²) in [5.41, 5.74) is 0.384. The third-order valence-corrected chi connectivity index (χ3v) is 3.19. The van der Waals surface area contributed by atoms with Crippen molar-refractivity contribution in [3.63, 3.8) is 0 Å². The van der Waals surface area contributed by atoms with Crippen LogP contribution in [-0.2, 0) is 33.2 Å². The maximum atomic E-state index is 11.1. The van der Waals surface area contributed by atoms with E-state index in [2.05, 4.69) is 13.5 Å². The summed E-state index contributed by atoms with van der Waals surface area (Å²) in [5.74, 6) is -0.398. The second-order valence-electron chi connectivity index (χ2n) is 5.69. The summed E-state index contributed by atoms with van der Waals surface area (Å²) in [6.07, 6.45) is 3.54. The highest BCUT2D eigenvalue weighted by Gasteiger charge is 2.01. The van der Waals surface area contributed by atoms with Crippen molar-refractivity contribution in [2.75, 3.05) is 72.7 Å². The number of hydrogen-bond acceptors (Lipinski definition) is 7. The number of carbonyl (C=O) groups excluding carboxylic acids is 1. The SMILES string of the molecule is C=C(C)C(=O)OCCOCCOCCOCCOCCOCCCCC. The molecule has 0 bridgehead atoms. The lowest BCUT2D eigenvalue weighted by Crippen LogP contribution is -2.15. The summed E-state index contributed by atoms with van der Waals surface area (Å²) in [5, 5.41) is 0. The molecule has 0 unspecified atom stereocenters. The van der Waals surface area contributed by atoms with Gasteiger partial charge >= 0.3 is 5.97 Å². The highest BCUT2D eigenvalue weighted by Crippen LogP contribution is 1.94. The first-order valence-corrected chi connectivity index (χ1v) is 9.39. The smallest absolute Gasteiger partial charge is 0.333 e. The maximum Gasteiger partial charge on any atom is 0.333 e. The minimum Gasteiger partial charge on any atom is -0.460 e. The second kappa shape index (κ2) is 20.3. The molecule has 7 nitrogen and oxygen atoms in total. The molecule has 0 spiro atoms. The first-order chi connectivity index (χ1) is 12.7. The summed E-state index contributed by atoms with van der Waals surface area (Å²) in [6, 6.07) is 0. The van der Waals surface area contributed by atoms with E-state index in [4.69, 9.17) is 28.4 Å². The molecule has 0 atom stereocenters. The fourth-order valence-corrected chi connectivity index (χ4v) is 1.75. The second-order valence-corrected chi connectivity index (χ2v) is 5.69. The van der Waals surface area contributed by atoms with Gasteiger partial charge in [0.05, 0.1) is 59.5 Å². The lowest BCUT2D eigenvalue weighted by molar-refractivity contribution is -0.140.